The van der Waals surface area contributed by atoms with Crippen molar-refractivity contribution in [2.75, 3.05) is 0 Å². The highest BCUT2D eigenvalue weighted by Gasteiger charge is 2.18. The molecule has 0 saturated carbocycles. The van der Waals surface area contributed by atoms with Crippen molar-refractivity contribution in [1.82, 2.24) is 18.7 Å². The van der Waals surface area contributed by atoms with E-state index in [9.17, 15) is 9.59 Å². The van der Waals surface area contributed by atoms with Crippen molar-refractivity contribution in [3.63, 3.8) is 0 Å². The smallest absolute Gasteiger partial charge is 0.322 e. The Labute approximate surface area is 129 Å². The average Bonchev–Trinajstić information content (AvgIpc) is 2.85. The minimum Gasteiger partial charge on any atom is -0.322 e. The maximum atomic E-state index is 12.4. The second-order valence-corrected chi connectivity index (χ2v) is 5.64. The van der Waals surface area contributed by atoms with Crippen molar-refractivity contribution in [3.8, 4) is 0 Å². The zero-order valence-corrected chi connectivity index (χ0v) is 14.0. The molecule has 0 aliphatic carbocycles. The maximum Gasteiger partial charge on any atom is 0.332 e. The van der Waals surface area contributed by atoms with Gasteiger partial charge >= 0.3 is 5.69 Å². The molecule has 6 nitrogen and oxygen atoms in total. The van der Waals surface area contributed by atoms with Crippen molar-refractivity contribution < 1.29 is 0 Å². The number of nitrogens with zero attached hydrogens (tertiary/aromatic N) is 4. The molecule has 0 bridgehead atoms. The van der Waals surface area contributed by atoms with Crippen molar-refractivity contribution >= 4 is 16.7 Å². The Kier molecular flexibility index (Phi) is 4.68. The van der Waals surface area contributed by atoms with Crippen LogP contribution in [0.15, 0.2) is 15.7 Å². The molecule has 2 rings (SSSR count). The molecule has 0 unspecified atom stereocenters. The van der Waals surface area contributed by atoms with E-state index in [-0.39, 0.29) is 11.2 Å². The van der Waals surface area contributed by atoms with Crippen LogP contribution in [0.25, 0.3) is 16.7 Å². The average molecular weight is 304 g/mol. The number of hydrogen-bond acceptors (Lipinski definition) is 3. The quantitative estimate of drug-likeness (QED) is 0.848. The predicted octanol–water partition coefficient (Wildman–Crippen LogP) is 1.95. The molecule has 0 aliphatic heterocycles. The third kappa shape index (κ3) is 2.53. The topological polar surface area (TPSA) is 61.8 Å². The molecular weight excluding hydrogens is 280 g/mol. The van der Waals surface area contributed by atoms with Gasteiger partial charge in [-0.15, -0.1) is 0 Å². The van der Waals surface area contributed by atoms with E-state index in [1.54, 1.807) is 7.05 Å². The molecule has 2 aromatic heterocycles. The van der Waals surface area contributed by atoms with E-state index in [0.29, 0.717) is 11.2 Å². The Bertz CT molecular complexity index is 836. The minimum absolute atomic E-state index is 0.300. The largest absolute Gasteiger partial charge is 0.332 e. The van der Waals surface area contributed by atoms with Gasteiger partial charge in [0.05, 0.1) is 0 Å². The number of unbranched alkanes of at least 4 members (excludes halogenated alkanes) is 1. The molecule has 6 heteroatoms. The van der Waals surface area contributed by atoms with Gasteiger partial charge in [0.25, 0.3) is 5.56 Å². The first-order chi connectivity index (χ1) is 10.4. The van der Waals surface area contributed by atoms with Crippen LogP contribution in [0.3, 0.4) is 0 Å². The van der Waals surface area contributed by atoms with Gasteiger partial charge < -0.3 is 4.57 Å². The summed E-state index contributed by atoms with van der Waals surface area (Å²) in [6.07, 6.45) is 6.15. The van der Waals surface area contributed by atoms with Gasteiger partial charge in [0, 0.05) is 21.1 Å². The molecule has 22 heavy (non-hydrogen) atoms. The van der Waals surface area contributed by atoms with Crippen LogP contribution in [0.5, 0.6) is 0 Å². The zero-order chi connectivity index (χ0) is 16.4. The Morgan fingerprint density at radius 2 is 1.73 bits per heavy atom. The number of imidazole rings is 1. The summed E-state index contributed by atoms with van der Waals surface area (Å²) in [4.78, 5) is 29.0. The number of rotatable bonds is 5. The molecule has 0 fully saturated rings. The lowest BCUT2D eigenvalue weighted by Crippen LogP contribution is -2.37. The Morgan fingerprint density at radius 1 is 1.05 bits per heavy atom. The summed E-state index contributed by atoms with van der Waals surface area (Å²) in [5.74, 6) is 0.781. The van der Waals surface area contributed by atoms with Gasteiger partial charge in [0.15, 0.2) is 11.2 Å². The van der Waals surface area contributed by atoms with Gasteiger partial charge in [0.1, 0.15) is 5.82 Å². The summed E-state index contributed by atoms with van der Waals surface area (Å²) >= 11 is 0. The van der Waals surface area contributed by atoms with Crippen LogP contribution in [0.2, 0.25) is 0 Å². The predicted molar refractivity (Wildman–Crippen MR) is 89.0 cm³/mol. The van der Waals surface area contributed by atoms with Crippen LogP contribution < -0.4 is 11.2 Å². The highest BCUT2D eigenvalue weighted by molar-refractivity contribution is 5.76. The minimum atomic E-state index is -0.350. The first-order valence-electron chi connectivity index (χ1n) is 7.75. The molecule has 0 spiro atoms. The number of fused-ring (bicyclic) bond motifs is 1. The Morgan fingerprint density at radius 3 is 2.32 bits per heavy atom. The van der Waals surface area contributed by atoms with Crippen LogP contribution in [-0.2, 0) is 21.1 Å². The molecule has 0 N–H and O–H groups in total. The van der Waals surface area contributed by atoms with Crippen LogP contribution in [0.1, 0.15) is 45.4 Å². The summed E-state index contributed by atoms with van der Waals surface area (Å²) in [6.45, 7) is 4.26. The third-order valence-corrected chi connectivity index (χ3v) is 3.96. The monoisotopic (exact) mass is 304 g/mol. The molecule has 0 atom stereocenters. The summed E-state index contributed by atoms with van der Waals surface area (Å²) in [7, 11) is 4.98. The first kappa shape index (κ1) is 16.3. The SMILES string of the molecule is CCC/C=C(\CCC)c1nc2c(c(=O)n(C)c(=O)n2C)n1C. The van der Waals surface area contributed by atoms with Gasteiger partial charge in [-0.05, 0) is 18.4 Å². The molecule has 120 valence electrons. The van der Waals surface area contributed by atoms with E-state index < -0.39 is 0 Å². The van der Waals surface area contributed by atoms with Gasteiger partial charge in [0.2, 0.25) is 0 Å². The lowest BCUT2D eigenvalue weighted by atomic mass is 10.1. The zero-order valence-electron chi connectivity index (χ0n) is 14.0. The summed E-state index contributed by atoms with van der Waals surface area (Å²) in [6, 6.07) is 0. The second kappa shape index (κ2) is 6.34. The van der Waals surface area contributed by atoms with E-state index >= 15 is 0 Å². The maximum absolute atomic E-state index is 12.4. The van der Waals surface area contributed by atoms with Gasteiger partial charge in [-0.2, -0.15) is 0 Å². The summed E-state index contributed by atoms with van der Waals surface area (Å²) in [5.41, 5.74) is 1.40. The van der Waals surface area contributed by atoms with Crippen LogP contribution in [-0.4, -0.2) is 18.7 Å². The van der Waals surface area contributed by atoms with E-state index in [4.69, 9.17) is 0 Å². The van der Waals surface area contributed by atoms with Crippen LogP contribution >= 0.6 is 0 Å². The standard InChI is InChI=1S/C16H24N4O2/c1-6-8-10-11(9-7-2)13-17-14-12(18(13)3)15(21)20(5)16(22)19(14)4/h10H,6-9H2,1-5H3/b11-10+. The normalized spacial score (nSPS) is 12.3. The molecule has 0 saturated heterocycles. The number of hydrogen-bond donors (Lipinski definition) is 0. The second-order valence-electron chi connectivity index (χ2n) is 5.64. The highest BCUT2D eigenvalue weighted by Crippen LogP contribution is 2.22. The van der Waals surface area contributed by atoms with E-state index in [1.165, 1.54) is 11.6 Å². The fourth-order valence-corrected chi connectivity index (χ4v) is 2.70. The van der Waals surface area contributed by atoms with E-state index in [0.717, 1.165) is 41.6 Å². The third-order valence-electron chi connectivity index (χ3n) is 3.96. The molecule has 2 aromatic rings. The molecular formula is C16H24N4O2. The van der Waals surface area contributed by atoms with Crippen LogP contribution in [0, 0.1) is 0 Å². The summed E-state index contributed by atoms with van der Waals surface area (Å²) in [5, 5.41) is 0. The van der Waals surface area contributed by atoms with E-state index in [1.807, 2.05) is 11.6 Å². The Hall–Kier alpha value is -2.11. The first-order valence-corrected chi connectivity index (χ1v) is 7.75. The van der Waals surface area contributed by atoms with E-state index in [2.05, 4.69) is 24.9 Å². The number of aryl methyl sites for hydroxylation is 2. The molecule has 0 aromatic carbocycles. The summed E-state index contributed by atoms with van der Waals surface area (Å²) < 4.78 is 4.38. The highest BCUT2D eigenvalue weighted by atomic mass is 16.2. The fourth-order valence-electron chi connectivity index (χ4n) is 2.70. The molecule has 0 amide bonds. The number of allylic oxidation sites excluding steroid dienone is 2. The van der Waals surface area contributed by atoms with Crippen molar-refractivity contribution in [2.45, 2.75) is 39.5 Å². The van der Waals surface area contributed by atoms with Gasteiger partial charge in [-0.1, -0.05) is 32.8 Å². The van der Waals surface area contributed by atoms with Crippen molar-refractivity contribution in [3.05, 3.63) is 32.7 Å². The number of aromatic nitrogens is 4. The fraction of sp³-hybridized carbons (Fsp3) is 0.562. The lowest BCUT2D eigenvalue weighted by Gasteiger charge is -2.06. The van der Waals surface area contributed by atoms with Crippen LogP contribution in [0.4, 0.5) is 0 Å². The Balaban J connectivity index is 2.80. The van der Waals surface area contributed by atoms with Gasteiger partial charge in [-0.3, -0.25) is 13.9 Å². The molecule has 0 radical (unpaired) electrons. The van der Waals surface area contributed by atoms with Crippen molar-refractivity contribution in [1.29, 1.82) is 0 Å². The van der Waals surface area contributed by atoms with Crippen molar-refractivity contribution in [2.24, 2.45) is 21.1 Å². The lowest BCUT2D eigenvalue weighted by molar-refractivity contribution is 0.705. The molecule has 2 heterocycles. The molecule has 0 aliphatic rings. The van der Waals surface area contributed by atoms with Gasteiger partial charge in [-0.25, -0.2) is 9.78 Å².